The summed E-state index contributed by atoms with van der Waals surface area (Å²) < 4.78 is 29.1. The van der Waals surface area contributed by atoms with Crippen LogP contribution in [-0.4, -0.2) is 49.0 Å². The molecule has 32 heavy (non-hydrogen) atoms. The minimum atomic E-state index is -0.250. The number of nitrogens with one attached hydrogen (secondary N) is 1. The van der Waals surface area contributed by atoms with Crippen molar-refractivity contribution in [2.75, 3.05) is 33.9 Å². The van der Waals surface area contributed by atoms with Crippen molar-refractivity contribution < 1.29 is 28.2 Å². The number of nitrogens with zero attached hydrogens (tertiary/aromatic N) is 3. The summed E-state index contributed by atoms with van der Waals surface area (Å²) in [6.07, 6.45) is 2.86. The van der Waals surface area contributed by atoms with Crippen molar-refractivity contribution in [3.8, 4) is 45.6 Å². The van der Waals surface area contributed by atoms with E-state index in [1.54, 1.807) is 46.6 Å². The minimum Gasteiger partial charge on any atom is -0.494 e. The van der Waals surface area contributed by atoms with Crippen molar-refractivity contribution in [2.24, 2.45) is 0 Å². The Kier molecular flexibility index (Phi) is 5.59. The molecule has 4 aromatic rings. The average Bonchev–Trinajstić information content (AvgIpc) is 3.45. The number of aromatic nitrogens is 3. The first kappa shape index (κ1) is 21.0. The molecule has 166 valence electrons. The third-order valence-corrected chi connectivity index (χ3v) is 4.91. The van der Waals surface area contributed by atoms with Crippen molar-refractivity contribution >= 4 is 16.9 Å². The lowest BCUT2D eigenvalue weighted by Crippen LogP contribution is -2.18. The number of hydrogen-bond acceptors (Lipinski definition) is 8. The molecule has 0 aliphatic carbocycles. The topological polar surface area (TPSA) is 110 Å². The van der Waals surface area contributed by atoms with Gasteiger partial charge in [-0.25, -0.2) is 14.6 Å². The molecule has 0 fully saturated rings. The van der Waals surface area contributed by atoms with Gasteiger partial charge in [0, 0.05) is 18.1 Å². The van der Waals surface area contributed by atoms with Crippen molar-refractivity contribution in [2.45, 2.75) is 6.92 Å². The lowest BCUT2D eigenvalue weighted by Gasteiger charge is -2.14. The molecule has 0 aliphatic rings. The van der Waals surface area contributed by atoms with E-state index >= 15 is 0 Å². The summed E-state index contributed by atoms with van der Waals surface area (Å²) in [4.78, 5) is 20.6. The molecule has 0 atom stereocenters. The minimum absolute atomic E-state index is 0.250. The third kappa shape index (κ3) is 3.45. The fourth-order valence-electron chi connectivity index (χ4n) is 3.57. The smallest absolute Gasteiger partial charge is 0.235 e. The molecule has 0 bridgehead atoms. The molecule has 10 nitrogen and oxygen atoms in total. The first-order valence-corrected chi connectivity index (χ1v) is 9.58. The van der Waals surface area contributed by atoms with Crippen molar-refractivity contribution in [3.05, 3.63) is 37.0 Å². The molecular formula is C22H22N4O6. The van der Waals surface area contributed by atoms with E-state index in [-0.39, 0.29) is 5.91 Å². The maximum Gasteiger partial charge on any atom is 0.235 e. The first-order chi connectivity index (χ1) is 15.5. The number of fused-ring (bicyclic) bond motifs is 1. The predicted molar refractivity (Wildman–Crippen MR) is 117 cm³/mol. The van der Waals surface area contributed by atoms with Crippen LogP contribution in [0, 0.1) is 0 Å². The van der Waals surface area contributed by atoms with E-state index in [2.05, 4.69) is 15.4 Å². The Labute approximate surface area is 183 Å². The number of amides is 1. The molecule has 0 aliphatic heterocycles. The summed E-state index contributed by atoms with van der Waals surface area (Å²) in [5.74, 6) is 2.22. The molecule has 2 aromatic heterocycles. The molecule has 0 radical (unpaired) electrons. The van der Waals surface area contributed by atoms with Crippen LogP contribution < -0.4 is 24.4 Å². The number of rotatable bonds is 7. The predicted octanol–water partition coefficient (Wildman–Crippen LogP) is 3.48. The maximum atomic E-state index is 11.7. The number of carbonyl (C=O) groups excluding carboxylic acids is 1. The standard InChI is InChI=1S/C22H22N4O6/c1-12(27)25-26-10-23-19-15(28-2)7-6-14(20(19)26)21-18(24-11-32-21)13-8-16(29-3)22(31-5)17(9-13)30-4/h6-11H,1-5H3,(H,25,27). The van der Waals surface area contributed by atoms with Crippen LogP contribution >= 0.6 is 0 Å². The Morgan fingerprint density at radius 2 is 1.66 bits per heavy atom. The second-order valence-corrected chi connectivity index (χ2v) is 6.74. The zero-order valence-electron chi connectivity index (χ0n) is 18.3. The van der Waals surface area contributed by atoms with E-state index in [9.17, 15) is 4.79 Å². The van der Waals surface area contributed by atoms with E-state index in [0.717, 1.165) is 0 Å². The number of imidazole rings is 1. The van der Waals surface area contributed by atoms with Gasteiger partial charge in [0.05, 0.1) is 28.4 Å². The molecule has 10 heteroatoms. The van der Waals surface area contributed by atoms with Crippen molar-refractivity contribution in [1.29, 1.82) is 0 Å². The van der Waals surface area contributed by atoms with Gasteiger partial charge in [0.1, 0.15) is 28.8 Å². The molecule has 0 saturated carbocycles. The monoisotopic (exact) mass is 438 g/mol. The number of benzene rings is 2. The molecule has 1 N–H and O–H groups in total. The van der Waals surface area contributed by atoms with Crippen LogP contribution in [0.5, 0.6) is 23.0 Å². The Hall–Kier alpha value is -4.21. The number of oxazole rings is 1. The van der Waals surface area contributed by atoms with Gasteiger partial charge in [0.25, 0.3) is 0 Å². The van der Waals surface area contributed by atoms with Crippen LogP contribution in [0.4, 0.5) is 0 Å². The highest BCUT2D eigenvalue weighted by molar-refractivity contribution is 5.98. The van der Waals surface area contributed by atoms with Gasteiger partial charge in [-0.05, 0) is 24.3 Å². The van der Waals surface area contributed by atoms with Crippen LogP contribution in [-0.2, 0) is 4.79 Å². The zero-order chi connectivity index (χ0) is 22.8. The second kappa shape index (κ2) is 8.50. The quantitative estimate of drug-likeness (QED) is 0.467. The van der Waals surface area contributed by atoms with Crippen molar-refractivity contribution in [3.63, 3.8) is 0 Å². The SMILES string of the molecule is COc1cc(-c2ncoc2-c2ccc(OC)c3ncn(NC(C)=O)c23)cc(OC)c1OC. The highest BCUT2D eigenvalue weighted by Gasteiger charge is 2.23. The van der Waals surface area contributed by atoms with Gasteiger partial charge in [-0.2, -0.15) is 0 Å². The summed E-state index contributed by atoms with van der Waals surface area (Å²) in [5, 5.41) is 0. The Bertz CT molecular complexity index is 1270. The van der Waals surface area contributed by atoms with E-state index in [4.69, 9.17) is 23.4 Å². The van der Waals surface area contributed by atoms with Gasteiger partial charge in [-0.15, -0.1) is 0 Å². The summed E-state index contributed by atoms with van der Waals surface area (Å²) in [6.45, 7) is 1.42. The van der Waals surface area contributed by atoms with Crippen molar-refractivity contribution in [1.82, 2.24) is 14.6 Å². The van der Waals surface area contributed by atoms with Crippen LogP contribution in [0.25, 0.3) is 33.6 Å². The highest BCUT2D eigenvalue weighted by atomic mass is 16.5. The number of ether oxygens (including phenoxy) is 4. The fraction of sp³-hybridized carbons (Fsp3) is 0.227. The summed E-state index contributed by atoms with van der Waals surface area (Å²) in [5.41, 5.74) is 5.80. The van der Waals surface area contributed by atoms with Gasteiger partial charge in [0.2, 0.25) is 11.7 Å². The zero-order valence-corrected chi connectivity index (χ0v) is 18.3. The summed E-state index contributed by atoms with van der Waals surface area (Å²) >= 11 is 0. The molecule has 0 saturated heterocycles. The van der Waals surface area contributed by atoms with E-state index in [0.29, 0.717) is 56.6 Å². The molecule has 1 amide bonds. The maximum absolute atomic E-state index is 11.7. The van der Waals surface area contributed by atoms with Crippen LogP contribution in [0.2, 0.25) is 0 Å². The van der Waals surface area contributed by atoms with E-state index in [1.807, 2.05) is 6.07 Å². The Morgan fingerprint density at radius 3 is 2.25 bits per heavy atom. The molecule has 0 unspecified atom stereocenters. The fourth-order valence-corrected chi connectivity index (χ4v) is 3.57. The van der Waals surface area contributed by atoms with Gasteiger partial charge in [0.15, 0.2) is 23.7 Å². The lowest BCUT2D eigenvalue weighted by molar-refractivity contribution is -0.115. The first-order valence-electron chi connectivity index (χ1n) is 9.58. The normalized spacial score (nSPS) is 10.8. The summed E-state index contributed by atoms with van der Waals surface area (Å²) in [7, 11) is 6.19. The number of methoxy groups -OCH3 is 4. The van der Waals surface area contributed by atoms with Gasteiger partial charge < -0.3 is 23.4 Å². The Balaban J connectivity index is 1.95. The summed E-state index contributed by atoms with van der Waals surface area (Å²) in [6, 6.07) is 7.18. The van der Waals surface area contributed by atoms with Crippen LogP contribution in [0.1, 0.15) is 6.92 Å². The van der Waals surface area contributed by atoms with Gasteiger partial charge in [-0.3, -0.25) is 10.2 Å². The van der Waals surface area contributed by atoms with E-state index < -0.39 is 0 Å². The molecule has 2 aromatic carbocycles. The molecule has 0 spiro atoms. The third-order valence-electron chi connectivity index (χ3n) is 4.91. The number of hydrogen-bond donors (Lipinski definition) is 1. The highest BCUT2D eigenvalue weighted by Crippen LogP contribution is 2.44. The van der Waals surface area contributed by atoms with Crippen LogP contribution in [0.3, 0.4) is 0 Å². The lowest BCUT2D eigenvalue weighted by atomic mass is 10.0. The van der Waals surface area contributed by atoms with Crippen LogP contribution in [0.15, 0.2) is 41.4 Å². The van der Waals surface area contributed by atoms with Gasteiger partial charge >= 0.3 is 0 Å². The van der Waals surface area contributed by atoms with E-state index in [1.165, 1.54) is 24.3 Å². The Morgan fingerprint density at radius 1 is 0.969 bits per heavy atom. The largest absolute Gasteiger partial charge is 0.494 e. The average molecular weight is 438 g/mol. The van der Waals surface area contributed by atoms with Gasteiger partial charge in [-0.1, -0.05) is 0 Å². The molecular weight excluding hydrogens is 416 g/mol. The second-order valence-electron chi connectivity index (χ2n) is 6.74. The number of carbonyl (C=O) groups is 1. The molecule has 2 heterocycles. The molecule has 4 rings (SSSR count).